The molecule has 4 nitrogen and oxygen atoms in total. The molecule has 0 saturated heterocycles. The van der Waals surface area contributed by atoms with Crippen LogP contribution < -0.4 is 0 Å². The number of nitrogens with zero attached hydrogens (tertiary/aromatic N) is 3. The quantitative estimate of drug-likeness (QED) is 0.801. The zero-order valence-corrected chi connectivity index (χ0v) is 13.9. The highest BCUT2D eigenvalue weighted by Crippen LogP contribution is 2.23. The maximum Gasteiger partial charge on any atom is 0.244 e. The van der Waals surface area contributed by atoms with E-state index in [9.17, 15) is 4.39 Å². The van der Waals surface area contributed by atoms with Crippen LogP contribution in [0, 0.1) is 18.7 Å². The summed E-state index contributed by atoms with van der Waals surface area (Å²) in [7, 11) is 2.04. The molecule has 0 spiro atoms. The van der Waals surface area contributed by atoms with E-state index in [1.807, 2.05) is 14.0 Å². The summed E-state index contributed by atoms with van der Waals surface area (Å²) >= 11 is 0. The first-order chi connectivity index (χ1) is 10.4. The standard InChI is InChI=1S/C17H24FN3O/c1-11(2)8-9-21(5)13(4)17-19-16(20-22-17)14-7-6-12(3)15(18)10-14/h6-7,10-11,13H,8-9H2,1-5H3/t13-/m0/s1. The summed E-state index contributed by atoms with van der Waals surface area (Å²) in [5.74, 6) is 1.38. The lowest BCUT2D eigenvalue weighted by Crippen LogP contribution is -2.24. The molecule has 0 aliphatic carbocycles. The fourth-order valence-electron chi connectivity index (χ4n) is 2.10. The summed E-state index contributed by atoms with van der Waals surface area (Å²) in [5.41, 5.74) is 1.24. The van der Waals surface area contributed by atoms with E-state index in [2.05, 4.69) is 28.9 Å². The number of benzene rings is 1. The molecule has 0 bridgehead atoms. The molecule has 1 atom stereocenters. The summed E-state index contributed by atoms with van der Waals surface area (Å²) in [6.07, 6.45) is 1.12. The lowest BCUT2D eigenvalue weighted by atomic mass is 10.1. The molecule has 0 aliphatic rings. The first kappa shape index (κ1) is 16.6. The number of aromatic nitrogens is 2. The van der Waals surface area contributed by atoms with Crippen LogP contribution >= 0.6 is 0 Å². The molecule has 1 heterocycles. The Kier molecular flexibility index (Phi) is 5.29. The SMILES string of the molecule is Cc1ccc(-c2noc([C@H](C)N(C)CCC(C)C)n2)cc1F. The predicted molar refractivity (Wildman–Crippen MR) is 84.9 cm³/mol. The Labute approximate surface area is 131 Å². The second kappa shape index (κ2) is 7.01. The minimum atomic E-state index is -0.258. The van der Waals surface area contributed by atoms with Gasteiger partial charge in [0.15, 0.2) is 0 Å². The smallest absolute Gasteiger partial charge is 0.244 e. The lowest BCUT2D eigenvalue weighted by Gasteiger charge is -2.22. The normalized spacial score (nSPS) is 13.1. The van der Waals surface area contributed by atoms with Crippen molar-refractivity contribution in [2.75, 3.05) is 13.6 Å². The van der Waals surface area contributed by atoms with E-state index in [1.165, 1.54) is 6.07 Å². The molecule has 0 fully saturated rings. The molecular formula is C17H24FN3O. The molecule has 2 rings (SSSR count). The summed E-state index contributed by atoms with van der Waals surface area (Å²) in [6.45, 7) is 9.14. The molecule has 1 aromatic carbocycles. The van der Waals surface area contributed by atoms with E-state index >= 15 is 0 Å². The van der Waals surface area contributed by atoms with Gasteiger partial charge in [0.1, 0.15) is 5.82 Å². The van der Waals surface area contributed by atoms with Gasteiger partial charge >= 0.3 is 0 Å². The number of rotatable bonds is 6. The molecule has 0 radical (unpaired) electrons. The van der Waals surface area contributed by atoms with Crippen LogP contribution in [0.25, 0.3) is 11.4 Å². The van der Waals surface area contributed by atoms with Gasteiger partial charge in [0.2, 0.25) is 11.7 Å². The minimum absolute atomic E-state index is 0.0373. The third-order valence-electron chi connectivity index (χ3n) is 3.95. The Morgan fingerprint density at radius 3 is 2.64 bits per heavy atom. The second-order valence-electron chi connectivity index (χ2n) is 6.26. The van der Waals surface area contributed by atoms with Crippen molar-refractivity contribution in [3.63, 3.8) is 0 Å². The molecule has 0 unspecified atom stereocenters. The Balaban J connectivity index is 2.11. The molecule has 0 N–H and O–H groups in total. The van der Waals surface area contributed by atoms with E-state index in [4.69, 9.17) is 4.52 Å². The van der Waals surface area contributed by atoms with E-state index in [0.717, 1.165) is 13.0 Å². The van der Waals surface area contributed by atoms with Crippen LogP contribution in [0.3, 0.4) is 0 Å². The van der Waals surface area contributed by atoms with Crippen LogP contribution in [0.15, 0.2) is 22.7 Å². The second-order valence-corrected chi connectivity index (χ2v) is 6.26. The highest BCUT2D eigenvalue weighted by molar-refractivity contribution is 5.54. The van der Waals surface area contributed by atoms with Crippen molar-refractivity contribution in [2.45, 2.75) is 40.2 Å². The van der Waals surface area contributed by atoms with Crippen molar-refractivity contribution in [3.8, 4) is 11.4 Å². The van der Waals surface area contributed by atoms with Crippen molar-refractivity contribution in [1.82, 2.24) is 15.0 Å². The first-order valence-corrected chi connectivity index (χ1v) is 7.69. The number of hydrogen-bond donors (Lipinski definition) is 0. The summed E-state index contributed by atoms with van der Waals surface area (Å²) in [4.78, 5) is 6.60. The number of aryl methyl sites for hydroxylation is 1. The third-order valence-corrected chi connectivity index (χ3v) is 3.95. The Morgan fingerprint density at radius 2 is 2.00 bits per heavy atom. The van der Waals surface area contributed by atoms with Gasteiger partial charge in [-0.2, -0.15) is 4.98 Å². The Hall–Kier alpha value is -1.75. The van der Waals surface area contributed by atoms with Gasteiger partial charge in [-0.1, -0.05) is 31.1 Å². The largest absolute Gasteiger partial charge is 0.337 e. The third kappa shape index (κ3) is 3.91. The topological polar surface area (TPSA) is 42.2 Å². The molecule has 22 heavy (non-hydrogen) atoms. The number of hydrogen-bond acceptors (Lipinski definition) is 4. The van der Waals surface area contributed by atoms with Gasteiger partial charge in [-0.25, -0.2) is 4.39 Å². The van der Waals surface area contributed by atoms with Crippen molar-refractivity contribution in [1.29, 1.82) is 0 Å². The van der Waals surface area contributed by atoms with Crippen LogP contribution in [0.1, 0.15) is 44.7 Å². The average Bonchev–Trinajstić information content (AvgIpc) is 2.96. The Morgan fingerprint density at radius 1 is 1.27 bits per heavy atom. The molecule has 0 aliphatic heterocycles. The molecular weight excluding hydrogens is 281 g/mol. The minimum Gasteiger partial charge on any atom is -0.337 e. The molecule has 120 valence electrons. The number of halogens is 1. The summed E-state index contributed by atoms with van der Waals surface area (Å²) < 4.78 is 19.0. The van der Waals surface area contributed by atoms with Crippen LogP contribution in [-0.4, -0.2) is 28.6 Å². The maximum absolute atomic E-state index is 13.6. The van der Waals surface area contributed by atoms with Crippen LogP contribution in [-0.2, 0) is 0 Å². The maximum atomic E-state index is 13.6. The van der Waals surface area contributed by atoms with E-state index in [-0.39, 0.29) is 11.9 Å². The first-order valence-electron chi connectivity index (χ1n) is 7.69. The van der Waals surface area contributed by atoms with Gasteiger partial charge < -0.3 is 4.52 Å². The molecule has 5 heteroatoms. The van der Waals surface area contributed by atoms with Gasteiger partial charge in [0.25, 0.3) is 0 Å². The van der Waals surface area contributed by atoms with Crippen molar-refractivity contribution >= 4 is 0 Å². The predicted octanol–water partition coefficient (Wildman–Crippen LogP) is 4.22. The van der Waals surface area contributed by atoms with Gasteiger partial charge in [0, 0.05) is 5.56 Å². The zero-order valence-electron chi connectivity index (χ0n) is 13.9. The van der Waals surface area contributed by atoms with E-state index in [1.54, 1.807) is 19.1 Å². The molecule has 1 aromatic heterocycles. The molecule has 2 aromatic rings. The zero-order chi connectivity index (χ0) is 16.3. The molecule has 0 amide bonds. The average molecular weight is 305 g/mol. The van der Waals surface area contributed by atoms with Crippen LogP contribution in [0.2, 0.25) is 0 Å². The monoisotopic (exact) mass is 305 g/mol. The van der Waals surface area contributed by atoms with Crippen molar-refractivity contribution in [3.05, 3.63) is 35.5 Å². The Bertz CT molecular complexity index is 624. The molecule has 0 saturated carbocycles. The van der Waals surface area contributed by atoms with Crippen LogP contribution in [0.4, 0.5) is 4.39 Å². The van der Waals surface area contributed by atoms with E-state index in [0.29, 0.717) is 28.8 Å². The van der Waals surface area contributed by atoms with Gasteiger partial charge in [-0.05, 0) is 51.4 Å². The van der Waals surface area contributed by atoms with Gasteiger partial charge in [-0.3, -0.25) is 4.90 Å². The van der Waals surface area contributed by atoms with Gasteiger partial charge in [-0.15, -0.1) is 0 Å². The fraction of sp³-hybridized carbons (Fsp3) is 0.529. The van der Waals surface area contributed by atoms with Crippen LogP contribution in [0.5, 0.6) is 0 Å². The summed E-state index contributed by atoms with van der Waals surface area (Å²) in [5, 5.41) is 3.98. The van der Waals surface area contributed by atoms with Gasteiger partial charge in [0.05, 0.1) is 6.04 Å². The highest BCUT2D eigenvalue weighted by atomic mass is 19.1. The van der Waals surface area contributed by atoms with Crippen molar-refractivity contribution in [2.24, 2.45) is 5.92 Å². The van der Waals surface area contributed by atoms with Crippen molar-refractivity contribution < 1.29 is 8.91 Å². The highest BCUT2D eigenvalue weighted by Gasteiger charge is 2.19. The lowest BCUT2D eigenvalue weighted by molar-refractivity contribution is 0.200. The van der Waals surface area contributed by atoms with E-state index < -0.39 is 0 Å². The fourth-order valence-corrected chi connectivity index (χ4v) is 2.10. The summed E-state index contributed by atoms with van der Waals surface area (Å²) in [6, 6.07) is 5.01.